The highest BCUT2D eigenvalue weighted by Gasteiger charge is 2.22. The van der Waals surface area contributed by atoms with Crippen LogP contribution in [0.2, 0.25) is 0 Å². The lowest BCUT2D eigenvalue weighted by Gasteiger charge is -2.28. The molecular weight excluding hydrogens is 158 g/mol. The lowest BCUT2D eigenvalue weighted by atomic mass is 9.79. The van der Waals surface area contributed by atoms with Crippen LogP contribution in [-0.2, 0) is 0 Å². The van der Waals surface area contributed by atoms with Crippen LogP contribution in [0.15, 0.2) is 23.3 Å². The smallest absolute Gasteiger partial charge is 0.00117 e. The molecule has 1 aliphatic rings. The Morgan fingerprint density at radius 2 is 2.00 bits per heavy atom. The maximum atomic E-state index is 5.74. The number of hydrogen-bond acceptors (Lipinski definition) is 1. The van der Waals surface area contributed by atoms with E-state index in [0.29, 0.717) is 0 Å². The molecule has 0 aromatic rings. The summed E-state index contributed by atoms with van der Waals surface area (Å²) in [6.45, 7) is 7.42. The van der Waals surface area contributed by atoms with Gasteiger partial charge in [-0.05, 0) is 24.7 Å². The van der Waals surface area contributed by atoms with Gasteiger partial charge < -0.3 is 5.73 Å². The first-order valence-corrected chi connectivity index (χ1v) is 5.19. The Kier molecular flexibility index (Phi) is 3.32. The maximum Gasteiger partial charge on any atom is 0.00117 e. The average Bonchev–Trinajstić information content (AvgIpc) is 2.18. The third-order valence-corrected chi connectivity index (χ3v) is 3.07. The summed E-state index contributed by atoms with van der Waals surface area (Å²) in [4.78, 5) is 0. The summed E-state index contributed by atoms with van der Waals surface area (Å²) in [6, 6.07) is 0. The zero-order valence-electron chi connectivity index (χ0n) is 9.06. The quantitative estimate of drug-likeness (QED) is 0.708. The summed E-state index contributed by atoms with van der Waals surface area (Å²) in [6.07, 6.45) is 8.16. The van der Waals surface area contributed by atoms with Gasteiger partial charge in [0.15, 0.2) is 0 Å². The molecule has 0 saturated heterocycles. The van der Waals surface area contributed by atoms with Crippen LogP contribution in [0, 0.1) is 5.41 Å². The second-order valence-corrected chi connectivity index (χ2v) is 4.46. The largest absolute Gasteiger partial charge is 0.330 e. The van der Waals surface area contributed by atoms with Crippen molar-refractivity contribution in [1.82, 2.24) is 0 Å². The van der Waals surface area contributed by atoms with E-state index in [1.807, 2.05) is 0 Å². The van der Waals surface area contributed by atoms with Crippen molar-refractivity contribution < 1.29 is 0 Å². The van der Waals surface area contributed by atoms with Crippen molar-refractivity contribution in [3.05, 3.63) is 23.3 Å². The number of hydrogen-bond donors (Lipinski definition) is 1. The van der Waals surface area contributed by atoms with E-state index in [1.54, 1.807) is 5.57 Å². The molecule has 0 radical (unpaired) electrons. The van der Waals surface area contributed by atoms with Gasteiger partial charge in [0, 0.05) is 6.54 Å². The summed E-state index contributed by atoms with van der Waals surface area (Å²) in [7, 11) is 0. The minimum atomic E-state index is 0.190. The van der Waals surface area contributed by atoms with Gasteiger partial charge in [-0.1, -0.05) is 44.1 Å². The fourth-order valence-electron chi connectivity index (χ4n) is 1.67. The van der Waals surface area contributed by atoms with Crippen LogP contribution in [0.3, 0.4) is 0 Å². The van der Waals surface area contributed by atoms with Crippen LogP contribution >= 0.6 is 0 Å². The van der Waals surface area contributed by atoms with E-state index in [0.717, 1.165) is 6.54 Å². The molecule has 0 unspecified atom stereocenters. The lowest BCUT2D eigenvalue weighted by Crippen LogP contribution is -2.26. The van der Waals surface area contributed by atoms with Gasteiger partial charge in [0.25, 0.3) is 0 Å². The topological polar surface area (TPSA) is 26.0 Å². The molecule has 1 nitrogen and oxygen atoms in total. The van der Waals surface area contributed by atoms with Gasteiger partial charge in [0.1, 0.15) is 0 Å². The second-order valence-electron chi connectivity index (χ2n) is 4.46. The van der Waals surface area contributed by atoms with Crippen LogP contribution in [0.5, 0.6) is 0 Å². The van der Waals surface area contributed by atoms with E-state index in [9.17, 15) is 0 Å². The molecule has 0 heterocycles. The van der Waals surface area contributed by atoms with Crippen LogP contribution in [-0.4, -0.2) is 6.54 Å². The van der Waals surface area contributed by atoms with Crippen molar-refractivity contribution in [2.45, 2.75) is 40.0 Å². The van der Waals surface area contributed by atoms with E-state index < -0.39 is 0 Å². The lowest BCUT2D eigenvalue weighted by molar-refractivity contribution is 0.440. The molecular formula is C12H21N. The SMILES string of the molecule is CCC1=CC=C(C(C)(C)CN)CC1. The first kappa shape index (κ1) is 10.5. The van der Waals surface area contributed by atoms with E-state index in [4.69, 9.17) is 5.73 Å². The molecule has 74 valence electrons. The predicted octanol–water partition coefficient (Wildman–Crippen LogP) is 3.03. The fourth-order valence-corrected chi connectivity index (χ4v) is 1.67. The molecule has 2 N–H and O–H groups in total. The fraction of sp³-hybridized carbons (Fsp3) is 0.667. The highest BCUT2D eigenvalue weighted by atomic mass is 14.6. The minimum absolute atomic E-state index is 0.190. The first-order chi connectivity index (χ1) is 6.10. The molecule has 0 aromatic carbocycles. The van der Waals surface area contributed by atoms with Crippen LogP contribution < -0.4 is 5.73 Å². The summed E-state index contributed by atoms with van der Waals surface area (Å²) in [5.41, 5.74) is 9.01. The van der Waals surface area contributed by atoms with E-state index in [-0.39, 0.29) is 5.41 Å². The first-order valence-electron chi connectivity index (χ1n) is 5.19. The summed E-state index contributed by atoms with van der Waals surface area (Å²) < 4.78 is 0. The van der Waals surface area contributed by atoms with Crippen molar-refractivity contribution >= 4 is 0 Å². The monoisotopic (exact) mass is 179 g/mol. The molecule has 0 fully saturated rings. The third kappa shape index (κ3) is 2.44. The molecule has 0 aromatic heterocycles. The average molecular weight is 179 g/mol. The van der Waals surface area contributed by atoms with E-state index in [2.05, 4.69) is 32.9 Å². The van der Waals surface area contributed by atoms with Gasteiger partial charge >= 0.3 is 0 Å². The Labute approximate surface area is 81.7 Å². The zero-order chi connectivity index (χ0) is 9.90. The van der Waals surface area contributed by atoms with Gasteiger partial charge in [0.05, 0.1) is 0 Å². The molecule has 1 heteroatoms. The standard InChI is InChI=1S/C12H21N/c1-4-10-5-7-11(8-6-10)12(2,3)9-13/h5,7H,4,6,8-9,13H2,1-3H3. The molecule has 0 atom stereocenters. The Morgan fingerprint density at radius 1 is 1.31 bits per heavy atom. The Balaban J connectivity index is 2.75. The van der Waals surface area contributed by atoms with Crippen molar-refractivity contribution in [2.24, 2.45) is 11.1 Å². The van der Waals surface area contributed by atoms with Crippen LogP contribution in [0.4, 0.5) is 0 Å². The summed E-state index contributed by atoms with van der Waals surface area (Å²) >= 11 is 0. The van der Waals surface area contributed by atoms with Gasteiger partial charge in [0.2, 0.25) is 0 Å². The number of allylic oxidation sites excluding steroid dienone is 3. The maximum absolute atomic E-state index is 5.74. The van der Waals surface area contributed by atoms with E-state index in [1.165, 1.54) is 24.8 Å². The van der Waals surface area contributed by atoms with Crippen molar-refractivity contribution in [3.8, 4) is 0 Å². The van der Waals surface area contributed by atoms with Gasteiger partial charge in [-0.25, -0.2) is 0 Å². The molecule has 13 heavy (non-hydrogen) atoms. The van der Waals surface area contributed by atoms with E-state index >= 15 is 0 Å². The molecule has 1 rings (SSSR count). The van der Waals surface area contributed by atoms with Crippen LogP contribution in [0.25, 0.3) is 0 Å². The molecule has 1 aliphatic carbocycles. The molecule has 0 amide bonds. The second kappa shape index (κ2) is 4.10. The Bertz CT molecular complexity index is 234. The van der Waals surface area contributed by atoms with Crippen molar-refractivity contribution in [3.63, 3.8) is 0 Å². The molecule has 0 spiro atoms. The van der Waals surface area contributed by atoms with Crippen LogP contribution in [0.1, 0.15) is 40.0 Å². The summed E-state index contributed by atoms with van der Waals surface area (Å²) in [5.74, 6) is 0. The van der Waals surface area contributed by atoms with Crippen molar-refractivity contribution in [1.29, 1.82) is 0 Å². The molecule has 0 saturated carbocycles. The molecule has 0 aliphatic heterocycles. The Morgan fingerprint density at radius 3 is 2.38 bits per heavy atom. The highest BCUT2D eigenvalue weighted by molar-refractivity contribution is 5.27. The highest BCUT2D eigenvalue weighted by Crippen LogP contribution is 2.33. The third-order valence-electron chi connectivity index (χ3n) is 3.07. The minimum Gasteiger partial charge on any atom is -0.330 e. The Hall–Kier alpha value is -0.560. The number of rotatable bonds is 3. The number of nitrogens with two attached hydrogens (primary N) is 1. The molecule has 0 bridgehead atoms. The zero-order valence-corrected chi connectivity index (χ0v) is 9.06. The van der Waals surface area contributed by atoms with Crippen molar-refractivity contribution in [2.75, 3.05) is 6.54 Å². The predicted molar refractivity (Wildman–Crippen MR) is 58.5 cm³/mol. The van der Waals surface area contributed by atoms with Gasteiger partial charge in [-0.15, -0.1) is 0 Å². The van der Waals surface area contributed by atoms with Gasteiger partial charge in [-0.2, -0.15) is 0 Å². The van der Waals surface area contributed by atoms with Gasteiger partial charge in [-0.3, -0.25) is 0 Å². The summed E-state index contributed by atoms with van der Waals surface area (Å²) in [5, 5.41) is 0. The normalized spacial score (nSPS) is 18.2.